The first-order valence-electron chi connectivity index (χ1n) is 6.39. The summed E-state index contributed by atoms with van der Waals surface area (Å²) in [6, 6.07) is 1.34. The molecule has 0 amide bonds. The molecular formula is C12H16F3N3O2S. The number of anilines is 1. The third kappa shape index (κ3) is 4.08. The minimum absolute atomic E-state index is 0.288. The molecule has 1 aromatic rings. The number of hydrogen-bond acceptors (Lipinski definition) is 4. The Hall–Kier alpha value is -1.32. The maximum Gasteiger partial charge on any atom is 0.238 e. The second-order valence-electron chi connectivity index (χ2n) is 4.94. The number of rotatable bonds is 6. The van der Waals surface area contributed by atoms with Gasteiger partial charge < -0.3 is 5.32 Å². The van der Waals surface area contributed by atoms with Gasteiger partial charge in [0.2, 0.25) is 10.0 Å². The Morgan fingerprint density at radius 1 is 1.29 bits per heavy atom. The van der Waals surface area contributed by atoms with Gasteiger partial charge in [-0.1, -0.05) is 0 Å². The summed E-state index contributed by atoms with van der Waals surface area (Å²) >= 11 is 0. The van der Waals surface area contributed by atoms with Gasteiger partial charge in [-0.2, -0.15) is 0 Å². The quantitative estimate of drug-likeness (QED) is 0.768. The van der Waals surface area contributed by atoms with E-state index in [1.165, 1.54) is 0 Å². The zero-order valence-corrected chi connectivity index (χ0v) is 12.0. The van der Waals surface area contributed by atoms with E-state index in [1.54, 1.807) is 0 Å². The summed E-state index contributed by atoms with van der Waals surface area (Å²) in [5, 5.41) is 7.38. The Morgan fingerprint density at radius 3 is 2.33 bits per heavy atom. The molecule has 3 N–H and O–H groups in total. The third-order valence-electron chi connectivity index (χ3n) is 3.21. The van der Waals surface area contributed by atoms with Crippen molar-refractivity contribution >= 4 is 15.7 Å². The van der Waals surface area contributed by atoms with E-state index in [0.717, 1.165) is 0 Å². The van der Waals surface area contributed by atoms with Gasteiger partial charge in [-0.05, 0) is 18.6 Å². The van der Waals surface area contributed by atoms with Gasteiger partial charge in [0.1, 0.15) is 11.9 Å². The lowest BCUT2D eigenvalue weighted by Gasteiger charge is -2.34. The summed E-state index contributed by atoms with van der Waals surface area (Å²) < 4.78 is 62.0. The van der Waals surface area contributed by atoms with E-state index in [2.05, 4.69) is 5.32 Å². The number of nitrogens with one attached hydrogen (secondary N) is 1. The predicted octanol–water partition coefficient (Wildman–Crippen LogP) is 1.07. The number of likely N-dealkylation sites (tertiary alicyclic amines) is 1. The zero-order chi connectivity index (χ0) is 15.6. The monoisotopic (exact) mass is 323 g/mol. The van der Waals surface area contributed by atoms with Crippen LogP contribution in [0.15, 0.2) is 17.0 Å². The van der Waals surface area contributed by atoms with E-state index >= 15 is 0 Å². The van der Waals surface area contributed by atoms with Crippen molar-refractivity contribution < 1.29 is 21.6 Å². The lowest BCUT2D eigenvalue weighted by molar-refractivity contribution is 0.0657. The van der Waals surface area contributed by atoms with E-state index in [0.29, 0.717) is 38.2 Å². The number of primary sulfonamides is 1. The van der Waals surface area contributed by atoms with Crippen molar-refractivity contribution in [3.8, 4) is 0 Å². The first kappa shape index (κ1) is 16.1. The van der Waals surface area contributed by atoms with Crippen LogP contribution < -0.4 is 10.5 Å². The Kier molecular flexibility index (Phi) is 4.74. The molecule has 0 spiro atoms. The average Bonchev–Trinajstić information content (AvgIpc) is 2.33. The van der Waals surface area contributed by atoms with Gasteiger partial charge >= 0.3 is 0 Å². The number of sulfonamides is 1. The molecule has 1 fully saturated rings. The fourth-order valence-corrected chi connectivity index (χ4v) is 2.62. The molecule has 21 heavy (non-hydrogen) atoms. The first-order valence-corrected chi connectivity index (χ1v) is 7.94. The smallest absolute Gasteiger partial charge is 0.238 e. The molecular weight excluding hydrogens is 307 g/mol. The number of nitrogens with zero attached hydrogens (tertiary/aromatic N) is 1. The highest BCUT2D eigenvalue weighted by atomic mass is 32.2. The minimum Gasteiger partial charge on any atom is -0.380 e. The van der Waals surface area contributed by atoms with Crippen molar-refractivity contribution in [2.24, 2.45) is 5.14 Å². The number of alkyl halides is 1. The molecule has 0 aliphatic carbocycles. The predicted molar refractivity (Wildman–Crippen MR) is 72.2 cm³/mol. The molecule has 0 saturated carbocycles. The largest absolute Gasteiger partial charge is 0.380 e. The Bertz CT molecular complexity index is 595. The fourth-order valence-electron chi connectivity index (χ4n) is 2.09. The lowest BCUT2D eigenvalue weighted by atomic mass is 10.2. The number of halogens is 3. The maximum atomic E-state index is 13.7. The number of nitrogens with two attached hydrogens (primary N) is 1. The standard InChI is InChI=1S/C12H16F3N3O2S/c13-8-6-18(7-8)3-1-2-17-12-10(14)4-9(5-11(12)15)21(16,19)20/h4-5,8,17H,1-3,6-7H2,(H2,16,19,20). The van der Waals surface area contributed by atoms with E-state index in [-0.39, 0.29) is 6.54 Å². The van der Waals surface area contributed by atoms with Crippen molar-refractivity contribution in [2.45, 2.75) is 17.5 Å². The summed E-state index contributed by atoms with van der Waals surface area (Å²) in [7, 11) is -4.15. The highest BCUT2D eigenvalue weighted by molar-refractivity contribution is 7.89. The van der Waals surface area contributed by atoms with Crippen molar-refractivity contribution in [3.63, 3.8) is 0 Å². The molecule has 2 rings (SSSR count). The Labute approximate surface area is 121 Å². The van der Waals surface area contributed by atoms with Crippen molar-refractivity contribution in [2.75, 3.05) is 31.5 Å². The molecule has 5 nitrogen and oxygen atoms in total. The summed E-state index contributed by atoms with van der Waals surface area (Å²) in [4.78, 5) is 1.28. The van der Waals surface area contributed by atoms with Crippen molar-refractivity contribution in [1.82, 2.24) is 4.90 Å². The van der Waals surface area contributed by atoms with E-state index in [1.807, 2.05) is 4.90 Å². The SMILES string of the molecule is NS(=O)(=O)c1cc(F)c(NCCCN2CC(F)C2)c(F)c1. The summed E-state index contributed by atoms with van der Waals surface area (Å²) in [5.41, 5.74) is -0.394. The second-order valence-corrected chi connectivity index (χ2v) is 6.51. The van der Waals surface area contributed by atoms with Crippen molar-refractivity contribution in [1.29, 1.82) is 0 Å². The maximum absolute atomic E-state index is 13.7. The van der Waals surface area contributed by atoms with Crippen LogP contribution in [-0.2, 0) is 10.0 Å². The first-order chi connectivity index (χ1) is 9.77. The molecule has 1 aromatic carbocycles. The van der Waals surface area contributed by atoms with E-state index in [9.17, 15) is 21.6 Å². The van der Waals surface area contributed by atoms with Crippen LogP contribution in [0.2, 0.25) is 0 Å². The number of benzene rings is 1. The van der Waals surface area contributed by atoms with Crippen LogP contribution in [0.1, 0.15) is 6.42 Å². The van der Waals surface area contributed by atoms with Crippen LogP contribution in [0.4, 0.5) is 18.9 Å². The summed E-state index contributed by atoms with van der Waals surface area (Å²) in [6.07, 6.45) is -0.193. The van der Waals surface area contributed by atoms with Crippen LogP contribution in [0.25, 0.3) is 0 Å². The fraction of sp³-hybridized carbons (Fsp3) is 0.500. The molecule has 1 aliphatic rings. The van der Waals surface area contributed by atoms with Crippen LogP contribution in [-0.4, -0.2) is 45.7 Å². The molecule has 0 aromatic heterocycles. The minimum atomic E-state index is -4.15. The molecule has 0 bridgehead atoms. The summed E-state index contributed by atoms with van der Waals surface area (Å²) in [5.74, 6) is -2.04. The molecule has 1 saturated heterocycles. The van der Waals surface area contributed by atoms with Crippen LogP contribution in [0.3, 0.4) is 0 Å². The molecule has 9 heteroatoms. The molecule has 0 unspecified atom stereocenters. The highest BCUT2D eigenvalue weighted by Crippen LogP contribution is 2.22. The van der Waals surface area contributed by atoms with Gasteiger partial charge in [0, 0.05) is 26.2 Å². The van der Waals surface area contributed by atoms with Crippen LogP contribution in [0, 0.1) is 11.6 Å². The molecule has 0 radical (unpaired) electrons. The van der Waals surface area contributed by atoms with Gasteiger partial charge in [0.05, 0.1) is 4.90 Å². The van der Waals surface area contributed by atoms with Crippen LogP contribution in [0.5, 0.6) is 0 Å². The third-order valence-corrected chi connectivity index (χ3v) is 4.10. The van der Waals surface area contributed by atoms with Crippen LogP contribution >= 0.6 is 0 Å². The van der Waals surface area contributed by atoms with E-state index < -0.39 is 38.4 Å². The molecule has 1 heterocycles. The number of hydrogen-bond donors (Lipinski definition) is 2. The zero-order valence-electron chi connectivity index (χ0n) is 11.2. The normalized spacial score (nSPS) is 16.8. The second kappa shape index (κ2) is 6.20. The van der Waals surface area contributed by atoms with Gasteiger partial charge in [-0.15, -0.1) is 0 Å². The van der Waals surface area contributed by atoms with E-state index in [4.69, 9.17) is 5.14 Å². The lowest BCUT2D eigenvalue weighted by Crippen LogP contribution is -2.48. The Morgan fingerprint density at radius 2 is 1.86 bits per heavy atom. The van der Waals surface area contributed by atoms with Gasteiger partial charge in [0.25, 0.3) is 0 Å². The topological polar surface area (TPSA) is 75.4 Å². The van der Waals surface area contributed by atoms with Gasteiger partial charge in [-0.25, -0.2) is 26.7 Å². The molecule has 118 valence electrons. The molecule has 1 aliphatic heterocycles. The van der Waals surface area contributed by atoms with Crippen molar-refractivity contribution in [3.05, 3.63) is 23.8 Å². The van der Waals surface area contributed by atoms with Gasteiger partial charge in [-0.3, -0.25) is 4.90 Å². The Balaban J connectivity index is 1.91. The highest BCUT2D eigenvalue weighted by Gasteiger charge is 2.25. The average molecular weight is 323 g/mol. The summed E-state index contributed by atoms with van der Waals surface area (Å²) in [6.45, 7) is 1.71. The molecule has 0 atom stereocenters. The van der Waals surface area contributed by atoms with Gasteiger partial charge in [0.15, 0.2) is 11.6 Å².